The third-order valence-electron chi connectivity index (χ3n) is 4.29. The molecule has 0 saturated heterocycles. The van der Waals surface area contributed by atoms with Crippen molar-refractivity contribution in [2.75, 3.05) is 24.9 Å². The van der Waals surface area contributed by atoms with Crippen LogP contribution in [-0.2, 0) is 5.41 Å². The third kappa shape index (κ3) is 4.52. The molecular formula is C22H26N4O2. The summed E-state index contributed by atoms with van der Waals surface area (Å²) >= 11 is 0. The minimum Gasteiger partial charge on any atom is -0.493 e. The van der Waals surface area contributed by atoms with Crippen LogP contribution in [0.4, 0.5) is 23.1 Å². The number of nitrogens with one attached hydrogen (secondary N) is 2. The molecule has 0 radical (unpaired) electrons. The smallest absolute Gasteiger partial charge is 0.229 e. The molecule has 0 bridgehead atoms. The Kier molecular flexibility index (Phi) is 5.68. The fraction of sp³-hybridized carbons (Fsp3) is 0.273. The number of anilines is 4. The van der Waals surface area contributed by atoms with Gasteiger partial charge in [0.05, 0.1) is 14.2 Å². The molecule has 3 rings (SSSR count). The molecule has 6 nitrogen and oxygen atoms in total. The lowest BCUT2D eigenvalue weighted by Crippen LogP contribution is -2.14. The topological polar surface area (TPSA) is 68.3 Å². The van der Waals surface area contributed by atoms with Crippen molar-refractivity contribution >= 4 is 23.1 Å². The van der Waals surface area contributed by atoms with E-state index in [0.717, 1.165) is 11.4 Å². The summed E-state index contributed by atoms with van der Waals surface area (Å²) in [4.78, 5) is 8.93. The van der Waals surface area contributed by atoms with Gasteiger partial charge in [-0.05, 0) is 35.2 Å². The number of hydrogen-bond donors (Lipinski definition) is 2. The van der Waals surface area contributed by atoms with Crippen LogP contribution in [-0.4, -0.2) is 24.2 Å². The van der Waals surface area contributed by atoms with Gasteiger partial charge in [-0.1, -0.05) is 39.0 Å². The molecule has 0 aliphatic carbocycles. The Labute approximate surface area is 166 Å². The summed E-state index contributed by atoms with van der Waals surface area (Å²) in [6.45, 7) is 6.55. The van der Waals surface area contributed by atoms with E-state index in [4.69, 9.17) is 9.47 Å². The molecule has 6 heteroatoms. The summed E-state index contributed by atoms with van der Waals surface area (Å²) in [5.74, 6) is 2.54. The van der Waals surface area contributed by atoms with Crippen molar-refractivity contribution in [1.29, 1.82) is 0 Å². The highest BCUT2D eigenvalue weighted by molar-refractivity contribution is 5.64. The highest BCUT2D eigenvalue weighted by atomic mass is 16.5. The van der Waals surface area contributed by atoms with E-state index in [2.05, 4.69) is 47.4 Å². The molecule has 1 heterocycles. The molecule has 28 heavy (non-hydrogen) atoms. The Bertz CT molecular complexity index is 951. The van der Waals surface area contributed by atoms with Crippen LogP contribution in [0.3, 0.4) is 0 Å². The number of rotatable bonds is 6. The Morgan fingerprint density at radius 3 is 2.32 bits per heavy atom. The SMILES string of the molecule is COc1ccc(Nc2ccnc(Nc3ccccc3C(C)(C)C)n2)cc1OC. The van der Waals surface area contributed by atoms with Crippen LogP contribution in [0.15, 0.2) is 54.7 Å². The molecule has 2 aromatic carbocycles. The van der Waals surface area contributed by atoms with Crippen LogP contribution >= 0.6 is 0 Å². The Hall–Kier alpha value is -3.28. The second kappa shape index (κ2) is 8.17. The molecule has 0 aliphatic heterocycles. The van der Waals surface area contributed by atoms with Gasteiger partial charge >= 0.3 is 0 Å². The largest absolute Gasteiger partial charge is 0.493 e. The summed E-state index contributed by atoms with van der Waals surface area (Å²) in [5, 5.41) is 6.61. The van der Waals surface area contributed by atoms with Gasteiger partial charge in [0, 0.05) is 23.6 Å². The monoisotopic (exact) mass is 378 g/mol. The maximum atomic E-state index is 5.35. The van der Waals surface area contributed by atoms with Gasteiger partial charge in [0.25, 0.3) is 0 Å². The van der Waals surface area contributed by atoms with Crippen LogP contribution in [0.2, 0.25) is 0 Å². The van der Waals surface area contributed by atoms with Gasteiger partial charge in [0.1, 0.15) is 5.82 Å². The molecule has 0 spiro atoms. The van der Waals surface area contributed by atoms with Crippen LogP contribution in [0, 0.1) is 0 Å². The molecule has 2 N–H and O–H groups in total. The van der Waals surface area contributed by atoms with Crippen LogP contribution in [0.1, 0.15) is 26.3 Å². The maximum Gasteiger partial charge on any atom is 0.229 e. The highest BCUT2D eigenvalue weighted by Crippen LogP contribution is 2.32. The van der Waals surface area contributed by atoms with Gasteiger partial charge in [0.2, 0.25) is 5.95 Å². The Balaban J connectivity index is 1.82. The van der Waals surface area contributed by atoms with E-state index in [9.17, 15) is 0 Å². The van der Waals surface area contributed by atoms with Crippen molar-refractivity contribution in [3.05, 3.63) is 60.3 Å². The van der Waals surface area contributed by atoms with Crippen LogP contribution in [0.5, 0.6) is 11.5 Å². The number of para-hydroxylation sites is 1. The lowest BCUT2D eigenvalue weighted by atomic mass is 9.86. The van der Waals surface area contributed by atoms with Crippen LogP contribution < -0.4 is 20.1 Å². The first-order valence-electron chi connectivity index (χ1n) is 9.09. The average molecular weight is 378 g/mol. The van der Waals surface area contributed by atoms with Crippen molar-refractivity contribution in [1.82, 2.24) is 9.97 Å². The van der Waals surface area contributed by atoms with Gasteiger partial charge in [-0.25, -0.2) is 4.98 Å². The zero-order valence-electron chi connectivity index (χ0n) is 16.9. The first kappa shape index (κ1) is 19.5. The first-order valence-corrected chi connectivity index (χ1v) is 9.09. The summed E-state index contributed by atoms with van der Waals surface area (Å²) in [5.41, 5.74) is 3.06. The van der Waals surface area contributed by atoms with E-state index < -0.39 is 0 Å². The molecule has 1 aromatic heterocycles. The molecule has 0 fully saturated rings. The van der Waals surface area contributed by atoms with Gasteiger partial charge in [-0.15, -0.1) is 0 Å². The lowest BCUT2D eigenvalue weighted by molar-refractivity contribution is 0.355. The molecule has 146 valence electrons. The number of benzene rings is 2. The summed E-state index contributed by atoms with van der Waals surface area (Å²) in [6, 6.07) is 15.6. The first-order chi connectivity index (χ1) is 13.4. The Morgan fingerprint density at radius 2 is 1.61 bits per heavy atom. The lowest BCUT2D eigenvalue weighted by Gasteiger charge is -2.23. The van der Waals surface area contributed by atoms with E-state index in [0.29, 0.717) is 23.3 Å². The minimum atomic E-state index is 0.0130. The fourth-order valence-corrected chi connectivity index (χ4v) is 2.92. The predicted molar refractivity (Wildman–Crippen MR) is 113 cm³/mol. The average Bonchev–Trinajstić information content (AvgIpc) is 2.68. The summed E-state index contributed by atoms with van der Waals surface area (Å²) in [7, 11) is 3.23. The standard InChI is InChI=1S/C22H26N4O2/c1-22(2,3)16-8-6-7-9-17(16)25-21-23-13-12-20(26-21)24-15-10-11-18(27-4)19(14-15)28-5/h6-14H,1-5H3,(H2,23,24,25,26). The quantitative estimate of drug-likeness (QED) is 0.608. The predicted octanol–water partition coefficient (Wildman–Crippen LogP) is 5.28. The third-order valence-corrected chi connectivity index (χ3v) is 4.29. The van der Waals surface area contributed by atoms with Crippen molar-refractivity contribution in [2.24, 2.45) is 0 Å². The molecule has 0 atom stereocenters. The van der Waals surface area contributed by atoms with Crippen LogP contribution in [0.25, 0.3) is 0 Å². The second-order valence-corrected chi connectivity index (χ2v) is 7.38. The number of hydrogen-bond acceptors (Lipinski definition) is 6. The molecule has 0 aliphatic rings. The zero-order chi connectivity index (χ0) is 20.1. The fourth-order valence-electron chi connectivity index (χ4n) is 2.92. The van der Waals surface area contributed by atoms with Crippen molar-refractivity contribution in [2.45, 2.75) is 26.2 Å². The normalized spacial score (nSPS) is 11.0. The van der Waals surface area contributed by atoms with E-state index in [-0.39, 0.29) is 5.41 Å². The summed E-state index contributed by atoms with van der Waals surface area (Å²) in [6.07, 6.45) is 1.72. The maximum absolute atomic E-state index is 5.35. The Morgan fingerprint density at radius 1 is 0.857 bits per heavy atom. The molecule has 0 saturated carbocycles. The number of aromatic nitrogens is 2. The number of ether oxygens (including phenoxy) is 2. The zero-order valence-corrected chi connectivity index (χ0v) is 16.9. The van der Waals surface area contributed by atoms with Gasteiger partial charge in [-0.2, -0.15) is 4.98 Å². The minimum absolute atomic E-state index is 0.0130. The molecule has 0 amide bonds. The second-order valence-electron chi connectivity index (χ2n) is 7.38. The van der Waals surface area contributed by atoms with Gasteiger partial charge in [0.15, 0.2) is 11.5 Å². The highest BCUT2D eigenvalue weighted by Gasteiger charge is 2.18. The molecular weight excluding hydrogens is 352 g/mol. The van der Waals surface area contributed by atoms with Crippen molar-refractivity contribution in [3.63, 3.8) is 0 Å². The van der Waals surface area contributed by atoms with E-state index >= 15 is 0 Å². The van der Waals surface area contributed by atoms with E-state index in [1.807, 2.05) is 42.5 Å². The van der Waals surface area contributed by atoms with Crippen molar-refractivity contribution in [3.8, 4) is 11.5 Å². The number of nitrogens with zero attached hydrogens (tertiary/aromatic N) is 2. The number of methoxy groups -OCH3 is 2. The van der Waals surface area contributed by atoms with Gasteiger partial charge in [-0.3, -0.25) is 0 Å². The van der Waals surface area contributed by atoms with Crippen molar-refractivity contribution < 1.29 is 9.47 Å². The van der Waals surface area contributed by atoms with E-state index in [1.165, 1.54) is 5.56 Å². The summed E-state index contributed by atoms with van der Waals surface area (Å²) < 4.78 is 10.6. The molecule has 0 unspecified atom stereocenters. The van der Waals surface area contributed by atoms with E-state index in [1.54, 1.807) is 20.4 Å². The van der Waals surface area contributed by atoms with Gasteiger partial charge < -0.3 is 20.1 Å². The molecule has 3 aromatic rings.